The SMILES string of the molecule is CCn1nc(C)c(N)c1N1CCS(=O)(=O)CC1. The molecule has 0 spiro atoms. The molecule has 0 aromatic carbocycles. The molecule has 0 atom stereocenters. The fraction of sp³-hybridized carbons (Fsp3) is 0.700. The first-order valence-corrected chi connectivity index (χ1v) is 7.55. The van der Waals surface area contributed by atoms with Crippen LogP contribution in [0.25, 0.3) is 0 Å². The molecule has 6 nitrogen and oxygen atoms in total. The number of nitrogens with zero attached hydrogens (tertiary/aromatic N) is 3. The highest BCUT2D eigenvalue weighted by Crippen LogP contribution is 2.27. The van der Waals surface area contributed by atoms with Crippen LogP contribution in [0.3, 0.4) is 0 Å². The lowest BCUT2D eigenvalue weighted by Crippen LogP contribution is -2.41. The van der Waals surface area contributed by atoms with Crippen molar-refractivity contribution in [3.8, 4) is 0 Å². The Bertz CT molecular complexity index is 507. The van der Waals surface area contributed by atoms with Crippen LogP contribution in [0.1, 0.15) is 12.6 Å². The van der Waals surface area contributed by atoms with Crippen LogP contribution in [0.5, 0.6) is 0 Å². The van der Waals surface area contributed by atoms with Crippen LogP contribution in [0.4, 0.5) is 11.5 Å². The van der Waals surface area contributed by atoms with Crippen molar-refractivity contribution in [3.05, 3.63) is 5.69 Å². The summed E-state index contributed by atoms with van der Waals surface area (Å²) in [4.78, 5) is 2.01. The molecule has 7 heteroatoms. The van der Waals surface area contributed by atoms with Gasteiger partial charge in [0.05, 0.1) is 22.9 Å². The van der Waals surface area contributed by atoms with Gasteiger partial charge in [-0.2, -0.15) is 5.10 Å². The Labute approximate surface area is 101 Å². The van der Waals surface area contributed by atoms with Crippen molar-refractivity contribution in [1.82, 2.24) is 9.78 Å². The minimum atomic E-state index is -2.86. The number of sulfone groups is 1. The summed E-state index contributed by atoms with van der Waals surface area (Å²) in [6.07, 6.45) is 0. The molecule has 1 aromatic rings. The number of hydrogen-bond acceptors (Lipinski definition) is 5. The van der Waals surface area contributed by atoms with Crippen LogP contribution in [0.15, 0.2) is 0 Å². The van der Waals surface area contributed by atoms with Gasteiger partial charge in [0.15, 0.2) is 15.7 Å². The van der Waals surface area contributed by atoms with Crippen LogP contribution >= 0.6 is 0 Å². The van der Waals surface area contributed by atoms with Crippen molar-refractivity contribution in [1.29, 1.82) is 0 Å². The Morgan fingerprint density at radius 2 is 1.94 bits per heavy atom. The van der Waals surface area contributed by atoms with Gasteiger partial charge in [-0.05, 0) is 13.8 Å². The molecular formula is C10H18N4O2S. The standard InChI is InChI=1S/C10H18N4O2S/c1-3-14-10(9(11)8(2)12-14)13-4-6-17(15,16)7-5-13/h3-7,11H2,1-2H3. The Morgan fingerprint density at radius 1 is 1.35 bits per heavy atom. The van der Waals surface area contributed by atoms with Crippen LogP contribution < -0.4 is 10.6 Å². The van der Waals surface area contributed by atoms with E-state index in [1.807, 2.05) is 23.4 Å². The lowest BCUT2D eigenvalue weighted by molar-refractivity contribution is 0.581. The van der Waals surface area contributed by atoms with E-state index >= 15 is 0 Å². The minimum Gasteiger partial charge on any atom is -0.394 e. The van der Waals surface area contributed by atoms with E-state index in [1.165, 1.54) is 0 Å². The maximum Gasteiger partial charge on any atom is 0.153 e. The van der Waals surface area contributed by atoms with Gasteiger partial charge < -0.3 is 10.6 Å². The number of nitrogen functional groups attached to an aromatic ring is 1. The molecule has 1 aliphatic rings. The molecule has 1 aromatic heterocycles. The fourth-order valence-electron chi connectivity index (χ4n) is 2.06. The van der Waals surface area contributed by atoms with Crippen molar-refractivity contribution in [2.45, 2.75) is 20.4 Å². The highest BCUT2D eigenvalue weighted by atomic mass is 32.2. The van der Waals surface area contributed by atoms with E-state index in [9.17, 15) is 8.42 Å². The molecule has 0 bridgehead atoms. The van der Waals surface area contributed by atoms with Crippen LogP contribution in [0.2, 0.25) is 0 Å². The molecule has 0 amide bonds. The second-order valence-corrected chi connectivity index (χ2v) is 6.58. The van der Waals surface area contributed by atoms with Crippen LogP contribution in [-0.4, -0.2) is 42.8 Å². The molecule has 0 unspecified atom stereocenters. The normalized spacial score (nSPS) is 19.5. The maximum atomic E-state index is 11.4. The quantitative estimate of drug-likeness (QED) is 0.809. The Hall–Kier alpha value is -1.24. The summed E-state index contributed by atoms with van der Waals surface area (Å²) in [6.45, 7) is 5.59. The average molecular weight is 258 g/mol. The average Bonchev–Trinajstić information content (AvgIpc) is 2.56. The highest BCUT2D eigenvalue weighted by Gasteiger charge is 2.26. The molecule has 2 heterocycles. The topological polar surface area (TPSA) is 81.2 Å². The third-order valence-corrected chi connectivity index (χ3v) is 4.70. The van der Waals surface area contributed by atoms with Gasteiger partial charge in [0.1, 0.15) is 0 Å². The molecule has 96 valence electrons. The number of hydrogen-bond donors (Lipinski definition) is 1. The predicted molar refractivity (Wildman–Crippen MR) is 67.9 cm³/mol. The second-order valence-electron chi connectivity index (χ2n) is 4.28. The second kappa shape index (κ2) is 4.21. The van der Waals surface area contributed by atoms with E-state index in [1.54, 1.807) is 0 Å². The lowest BCUT2D eigenvalue weighted by atomic mass is 10.3. The monoisotopic (exact) mass is 258 g/mol. The number of rotatable bonds is 2. The van der Waals surface area contributed by atoms with E-state index < -0.39 is 9.84 Å². The maximum absolute atomic E-state index is 11.4. The first-order chi connectivity index (χ1) is 7.94. The summed E-state index contributed by atoms with van der Waals surface area (Å²) in [5.41, 5.74) is 7.46. The highest BCUT2D eigenvalue weighted by molar-refractivity contribution is 7.91. The molecular weight excluding hydrogens is 240 g/mol. The number of aryl methyl sites for hydroxylation is 2. The van der Waals surface area contributed by atoms with Crippen LogP contribution in [-0.2, 0) is 16.4 Å². The molecule has 2 rings (SSSR count). The summed E-state index contributed by atoms with van der Waals surface area (Å²) < 4.78 is 24.6. The van der Waals surface area contributed by atoms with E-state index in [-0.39, 0.29) is 11.5 Å². The molecule has 17 heavy (non-hydrogen) atoms. The smallest absolute Gasteiger partial charge is 0.153 e. The number of aromatic nitrogens is 2. The molecule has 2 N–H and O–H groups in total. The van der Waals surface area contributed by atoms with E-state index in [0.717, 1.165) is 18.1 Å². The van der Waals surface area contributed by atoms with Crippen molar-refractivity contribution in [2.75, 3.05) is 35.2 Å². The van der Waals surface area contributed by atoms with E-state index in [4.69, 9.17) is 5.73 Å². The fourth-order valence-corrected chi connectivity index (χ4v) is 3.26. The zero-order valence-corrected chi connectivity index (χ0v) is 11.0. The van der Waals surface area contributed by atoms with Gasteiger partial charge in [0.25, 0.3) is 0 Å². The third kappa shape index (κ3) is 2.24. The Kier molecular flexibility index (Phi) is 3.03. The Morgan fingerprint density at radius 3 is 2.47 bits per heavy atom. The summed E-state index contributed by atoms with van der Waals surface area (Å²) in [7, 11) is -2.86. The largest absolute Gasteiger partial charge is 0.394 e. The first kappa shape index (κ1) is 12.2. The number of nitrogens with two attached hydrogens (primary N) is 1. The Balaban J connectivity index is 2.29. The minimum absolute atomic E-state index is 0.195. The van der Waals surface area contributed by atoms with Gasteiger partial charge in [-0.25, -0.2) is 13.1 Å². The number of anilines is 2. The van der Waals surface area contributed by atoms with Gasteiger partial charge in [-0.15, -0.1) is 0 Å². The van der Waals surface area contributed by atoms with E-state index in [0.29, 0.717) is 18.8 Å². The lowest BCUT2D eigenvalue weighted by Gasteiger charge is -2.29. The van der Waals surface area contributed by atoms with Crippen LogP contribution in [0, 0.1) is 6.92 Å². The van der Waals surface area contributed by atoms with Gasteiger partial charge >= 0.3 is 0 Å². The molecule has 1 aliphatic heterocycles. The molecule has 0 aliphatic carbocycles. The third-order valence-electron chi connectivity index (χ3n) is 3.09. The molecule has 0 radical (unpaired) electrons. The summed E-state index contributed by atoms with van der Waals surface area (Å²) in [5, 5.41) is 4.34. The molecule has 1 fully saturated rings. The van der Waals surface area contributed by atoms with Crippen molar-refractivity contribution < 1.29 is 8.42 Å². The van der Waals surface area contributed by atoms with Gasteiger partial charge in [-0.1, -0.05) is 0 Å². The zero-order valence-electron chi connectivity index (χ0n) is 10.2. The van der Waals surface area contributed by atoms with Crippen molar-refractivity contribution >= 4 is 21.3 Å². The summed E-state index contributed by atoms with van der Waals surface area (Å²) in [6, 6.07) is 0. The van der Waals surface area contributed by atoms with Gasteiger partial charge in [-0.3, -0.25) is 0 Å². The molecule has 0 saturated carbocycles. The van der Waals surface area contributed by atoms with Crippen molar-refractivity contribution in [3.63, 3.8) is 0 Å². The van der Waals surface area contributed by atoms with Gasteiger partial charge in [0.2, 0.25) is 0 Å². The van der Waals surface area contributed by atoms with E-state index in [2.05, 4.69) is 5.10 Å². The molecule has 1 saturated heterocycles. The summed E-state index contributed by atoms with van der Waals surface area (Å²) in [5.74, 6) is 1.25. The first-order valence-electron chi connectivity index (χ1n) is 5.73. The predicted octanol–water partition coefficient (Wildman–Crippen LogP) is 0.0284. The van der Waals surface area contributed by atoms with Gasteiger partial charge in [0, 0.05) is 19.6 Å². The zero-order chi connectivity index (χ0) is 12.6. The summed E-state index contributed by atoms with van der Waals surface area (Å²) >= 11 is 0. The van der Waals surface area contributed by atoms with Crippen molar-refractivity contribution in [2.24, 2.45) is 0 Å².